The average Bonchev–Trinajstić information content (AvgIpc) is 2.36. The summed E-state index contributed by atoms with van der Waals surface area (Å²) in [6.45, 7) is 11.4. The second-order valence-electron chi connectivity index (χ2n) is 5.80. The molecule has 1 heterocycles. The SMILES string of the molecule is Cc1cccc(NC2CCN(C(C)C)CC2)c1C. The molecule has 1 fully saturated rings. The summed E-state index contributed by atoms with van der Waals surface area (Å²) < 4.78 is 0. The van der Waals surface area contributed by atoms with Gasteiger partial charge < -0.3 is 10.2 Å². The van der Waals surface area contributed by atoms with Gasteiger partial charge in [0.2, 0.25) is 0 Å². The lowest BCUT2D eigenvalue weighted by atomic mass is 10.0. The standard InChI is InChI=1S/C16H26N2/c1-12(2)18-10-8-15(9-11-18)17-16-7-5-6-13(3)14(16)4/h5-7,12,15,17H,8-11H2,1-4H3. The first-order valence-electron chi connectivity index (χ1n) is 7.14. The van der Waals surface area contributed by atoms with Crippen molar-refractivity contribution >= 4 is 5.69 Å². The van der Waals surface area contributed by atoms with Crippen LogP contribution in [0.4, 0.5) is 5.69 Å². The fourth-order valence-electron chi connectivity index (χ4n) is 2.69. The van der Waals surface area contributed by atoms with E-state index >= 15 is 0 Å². The van der Waals surface area contributed by atoms with Crippen LogP contribution in [0.5, 0.6) is 0 Å². The Balaban J connectivity index is 1.94. The molecule has 1 N–H and O–H groups in total. The Hall–Kier alpha value is -1.02. The number of anilines is 1. The van der Waals surface area contributed by atoms with E-state index in [0.717, 1.165) is 0 Å². The minimum atomic E-state index is 0.639. The van der Waals surface area contributed by atoms with Crippen molar-refractivity contribution in [1.29, 1.82) is 0 Å². The third-order valence-electron chi connectivity index (χ3n) is 4.22. The number of nitrogens with zero attached hydrogens (tertiary/aromatic N) is 1. The smallest absolute Gasteiger partial charge is 0.0374 e. The molecule has 100 valence electrons. The van der Waals surface area contributed by atoms with Crippen LogP contribution in [0.3, 0.4) is 0 Å². The molecule has 0 saturated carbocycles. The first-order chi connectivity index (χ1) is 8.58. The van der Waals surface area contributed by atoms with Gasteiger partial charge in [-0.15, -0.1) is 0 Å². The largest absolute Gasteiger partial charge is 0.382 e. The molecule has 0 spiro atoms. The summed E-state index contributed by atoms with van der Waals surface area (Å²) in [5.74, 6) is 0. The molecule has 18 heavy (non-hydrogen) atoms. The second kappa shape index (κ2) is 5.75. The molecule has 0 aliphatic carbocycles. The summed E-state index contributed by atoms with van der Waals surface area (Å²) in [7, 11) is 0. The van der Waals surface area contributed by atoms with E-state index in [1.165, 1.54) is 42.7 Å². The maximum atomic E-state index is 3.72. The zero-order valence-corrected chi connectivity index (χ0v) is 12.2. The predicted octanol–water partition coefficient (Wildman–Crippen LogP) is 3.59. The van der Waals surface area contributed by atoms with E-state index in [0.29, 0.717) is 12.1 Å². The van der Waals surface area contributed by atoms with Gasteiger partial charge in [0.1, 0.15) is 0 Å². The molecule has 0 radical (unpaired) electrons. The van der Waals surface area contributed by atoms with Gasteiger partial charge in [-0.3, -0.25) is 0 Å². The molecule has 1 aliphatic rings. The first kappa shape index (κ1) is 13.4. The average molecular weight is 246 g/mol. The normalized spacial score (nSPS) is 18.3. The Kier molecular flexibility index (Phi) is 4.28. The Labute approximate surface area is 111 Å². The van der Waals surface area contributed by atoms with Crippen LogP contribution in [0.1, 0.15) is 37.8 Å². The van der Waals surface area contributed by atoms with Crippen molar-refractivity contribution in [3.8, 4) is 0 Å². The number of rotatable bonds is 3. The molecule has 2 rings (SSSR count). The van der Waals surface area contributed by atoms with Crippen LogP contribution in [0.2, 0.25) is 0 Å². The third-order valence-corrected chi connectivity index (χ3v) is 4.22. The zero-order valence-electron chi connectivity index (χ0n) is 12.2. The summed E-state index contributed by atoms with van der Waals surface area (Å²) in [4.78, 5) is 2.57. The van der Waals surface area contributed by atoms with Gasteiger partial charge in [-0.2, -0.15) is 0 Å². The van der Waals surface area contributed by atoms with Crippen molar-refractivity contribution in [2.24, 2.45) is 0 Å². The number of hydrogen-bond acceptors (Lipinski definition) is 2. The van der Waals surface area contributed by atoms with Crippen LogP contribution < -0.4 is 5.32 Å². The van der Waals surface area contributed by atoms with Crippen LogP contribution in [0.15, 0.2) is 18.2 Å². The van der Waals surface area contributed by atoms with E-state index < -0.39 is 0 Å². The zero-order chi connectivity index (χ0) is 13.1. The lowest BCUT2D eigenvalue weighted by Crippen LogP contribution is -2.42. The fourth-order valence-corrected chi connectivity index (χ4v) is 2.69. The summed E-state index contributed by atoms with van der Waals surface area (Å²) in [5.41, 5.74) is 4.08. The maximum Gasteiger partial charge on any atom is 0.0374 e. The van der Waals surface area contributed by atoms with Gasteiger partial charge in [-0.05, 0) is 57.7 Å². The van der Waals surface area contributed by atoms with Crippen LogP contribution in [-0.4, -0.2) is 30.1 Å². The molecule has 0 bridgehead atoms. The van der Waals surface area contributed by atoms with Crippen LogP contribution in [-0.2, 0) is 0 Å². The number of piperidine rings is 1. The summed E-state index contributed by atoms with van der Waals surface area (Å²) in [6, 6.07) is 7.86. The van der Waals surface area contributed by atoms with Crippen molar-refractivity contribution in [3.63, 3.8) is 0 Å². The van der Waals surface area contributed by atoms with E-state index in [-0.39, 0.29) is 0 Å². The highest BCUT2D eigenvalue weighted by Gasteiger charge is 2.20. The minimum absolute atomic E-state index is 0.639. The van der Waals surface area contributed by atoms with Gasteiger partial charge in [-0.25, -0.2) is 0 Å². The molecule has 1 aromatic carbocycles. The molecule has 0 amide bonds. The van der Waals surface area contributed by atoms with Crippen molar-refractivity contribution in [2.45, 2.75) is 52.6 Å². The van der Waals surface area contributed by atoms with Crippen LogP contribution in [0.25, 0.3) is 0 Å². The van der Waals surface area contributed by atoms with Gasteiger partial charge in [0.15, 0.2) is 0 Å². The van der Waals surface area contributed by atoms with Gasteiger partial charge in [0, 0.05) is 30.9 Å². The van der Waals surface area contributed by atoms with Crippen LogP contribution in [0, 0.1) is 13.8 Å². The van der Waals surface area contributed by atoms with E-state index in [1.54, 1.807) is 0 Å². The number of nitrogens with one attached hydrogen (secondary N) is 1. The Bertz CT molecular complexity index is 390. The quantitative estimate of drug-likeness (QED) is 0.877. The van der Waals surface area contributed by atoms with E-state index in [4.69, 9.17) is 0 Å². The highest BCUT2D eigenvalue weighted by atomic mass is 15.2. The molecule has 0 unspecified atom stereocenters. The molecule has 2 nitrogen and oxygen atoms in total. The van der Waals surface area contributed by atoms with Crippen molar-refractivity contribution in [3.05, 3.63) is 29.3 Å². The molecule has 1 aromatic rings. The summed E-state index contributed by atoms with van der Waals surface area (Å²) in [5, 5.41) is 3.72. The molecular weight excluding hydrogens is 220 g/mol. The molecule has 1 aliphatic heterocycles. The van der Waals surface area contributed by atoms with Gasteiger partial charge in [0.25, 0.3) is 0 Å². The Morgan fingerprint density at radius 1 is 1.17 bits per heavy atom. The second-order valence-corrected chi connectivity index (χ2v) is 5.80. The lowest BCUT2D eigenvalue weighted by Gasteiger charge is -2.35. The molecular formula is C16H26N2. The summed E-state index contributed by atoms with van der Waals surface area (Å²) in [6.07, 6.45) is 2.51. The van der Waals surface area contributed by atoms with Crippen molar-refractivity contribution < 1.29 is 0 Å². The fraction of sp³-hybridized carbons (Fsp3) is 0.625. The van der Waals surface area contributed by atoms with Gasteiger partial charge in [-0.1, -0.05) is 12.1 Å². The first-order valence-corrected chi connectivity index (χ1v) is 7.14. The lowest BCUT2D eigenvalue weighted by molar-refractivity contribution is 0.177. The van der Waals surface area contributed by atoms with Crippen molar-refractivity contribution in [2.75, 3.05) is 18.4 Å². The number of likely N-dealkylation sites (tertiary alicyclic amines) is 1. The molecule has 1 saturated heterocycles. The molecule has 0 atom stereocenters. The number of benzene rings is 1. The van der Waals surface area contributed by atoms with Crippen LogP contribution >= 0.6 is 0 Å². The maximum absolute atomic E-state index is 3.72. The topological polar surface area (TPSA) is 15.3 Å². The van der Waals surface area contributed by atoms with Crippen molar-refractivity contribution in [1.82, 2.24) is 4.90 Å². The Morgan fingerprint density at radius 2 is 1.83 bits per heavy atom. The van der Waals surface area contributed by atoms with E-state index in [2.05, 4.69) is 56.1 Å². The number of aryl methyl sites for hydroxylation is 1. The highest BCUT2D eigenvalue weighted by Crippen LogP contribution is 2.22. The van der Waals surface area contributed by atoms with E-state index in [1.807, 2.05) is 0 Å². The monoisotopic (exact) mass is 246 g/mol. The van der Waals surface area contributed by atoms with Gasteiger partial charge in [0.05, 0.1) is 0 Å². The minimum Gasteiger partial charge on any atom is -0.382 e. The summed E-state index contributed by atoms with van der Waals surface area (Å²) >= 11 is 0. The van der Waals surface area contributed by atoms with E-state index in [9.17, 15) is 0 Å². The van der Waals surface area contributed by atoms with Gasteiger partial charge >= 0.3 is 0 Å². The predicted molar refractivity (Wildman–Crippen MR) is 79.3 cm³/mol. The third kappa shape index (κ3) is 3.05. The number of hydrogen-bond donors (Lipinski definition) is 1. The highest BCUT2D eigenvalue weighted by molar-refractivity contribution is 5.54. The molecule has 0 aromatic heterocycles. The molecule has 2 heteroatoms. The Morgan fingerprint density at radius 3 is 2.44 bits per heavy atom.